The van der Waals surface area contributed by atoms with Crippen LogP contribution in [0, 0.1) is 10.8 Å². The maximum atomic E-state index is 12.9. The van der Waals surface area contributed by atoms with Gasteiger partial charge in [-0.15, -0.1) is 0 Å². The van der Waals surface area contributed by atoms with E-state index >= 15 is 0 Å². The normalized spacial score (nSPS) is 25.5. The number of ketones is 1. The number of nitrogens with zero attached hydrogens (tertiary/aromatic N) is 2. The topological polar surface area (TPSA) is 110 Å². The lowest BCUT2D eigenvalue weighted by Gasteiger charge is -2.52. The second-order valence-electron chi connectivity index (χ2n) is 9.45. The van der Waals surface area contributed by atoms with Crippen LogP contribution in [0.3, 0.4) is 0 Å². The minimum atomic E-state index is -0.524. The minimum absolute atomic E-state index is 0.0107. The van der Waals surface area contributed by atoms with Crippen molar-refractivity contribution >= 4 is 29.4 Å². The van der Waals surface area contributed by atoms with Crippen LogP contribution in [0.4, 0.5) is 4.79 Å². The van der Waals surface area contributed by atoms with Gasteiger partial charge in [-0.1, -0.05) is 0 Å². The van der Waals surface area contributed by atoms with E-state index in [9.17, 15) is 14.4 Å². The average Bonchev–Trinajstić information content (AvgIpc) is 2.70. The van der Waals surface area contributed by atoms with E-state index in [1.165, 1.54) is 12.3 Å². The van der Waals surface area contributed by atoms with Crippen molar-refractivity contribution in [2.75, 3.05) is 13.1 Å². The summed E-state index contributed by atoms with van der Waals surface area (Å²) < 4.78 is 5.33. The summed E-state index contributed by atoms with van der Waals surface area (Å²) in [5.41, 5.74) is -0.742. The number of hydrogen-bond acceptors (Lipinski definition) is 6. The zero-order valence-electron chi connectivity index (χ0n) is 17.7. The van der Waals surface area contributed by atoms with Crippen molar-refractivity contribution in [2.45, 2.75) is 64.9 Å². The van der Waals surface area contributed by atoms with Crippen LogP contribution < -0.4 is 10.6 Å². The predicted octanol–water partition coefficient (Wildman–Crippen LogP) is 3.29. The number of alkyl carbamates (subject to hydrolysis) is 1. The number of fused-ring (bicyclic) bond motifs is 3. The Balaban J connectivity index is 1.50. The molecule has 3 saturated carbocycles. The molecule has 2 bridgehead atoms. The molecule has 0 spiro atoms. The standard InChI is InChI=1S/C21H29ClN4O4/c1-19(2,3)30-18(29)25-13-20-5-8-21(9-6-20,10-7-20)15(27)12-24-16(28)14-4-11-23-17(22)26-14/h4,11H,5-10,12-13H2,1-3H3,(H,24,28)(H,25,29). The molecule has 0 atom stereocenters. The number of amides is 2. The fourth-order valence-electron chi connectivity index (χ4n) is 4.42. The molecule has 3 aliphatic carbocycles. The molecule has 0 aliphatic heterocycles. The zero-order valence-corrected chi connectivity index (χ0v) is 18.5. The summed E-state index contributed by atoms with van der Waals surface area (Å²) in [7, 11) is 0. The van der Waals surface area contributed by atoms with E-state index in [0.717, 1.165) is 38.5 Å². The molecule has 0 saturated heterocycles. The van der Waals surface area contributed by atoms with Crippen molar-refractivity contribution in [1.82, 2.24) is 20.6 Å². The summed E-state index contributed by atoms with van der Waals surface area (Å²) in [6, 6.07) is 1.46. The third-order valence-electron chi connectivity index (χ3n) is 6.27. The molecule has 30 heavy (non-hydrogen) atoms. The van der Waals surface area contributed by atoms with E-state index in [1.54, 1.807) is 0 Å². The Morgan fingerprint density at radius 2 is 1.73 bits per heavy atom. The third-order valence-corrected chi connectivity index (χ3v) is 6.45. The van der Waals surface area contributed by atoms with Crippen molar-refractivity contribution in [2.24, 2.45) is 10.8 Å². The van der Waals surface area contributed by atoms with Crippen LogP contribution in [0.5, 0.6) is 0 Å². The number of nitrogens with one attached hydrogen (secondary N) is 2. The fourth-order valence-corrected chi connectivity index (χ4v) is 4.57. The van der Waals surface area contributed by atoms with Crippen molar-refractivity contribution in [1.29, 1.82) is 0 Å². The number of hydrogen-bond donors (Lipinski definition) is 2. The van der Waals surface area contributed by atoms with Gasteiger partial charge in [0, 0.05) is 18.2 Å². The molecular weight excluding hydrogens is 408 g/mol. The molecule has 4 rings (SSSR count). The molecular formula is C21H29ClN4O4. The molecule has 3 aliphatic rings. The van der Waals surface area contributed by atoms with Crippen molar-refractivity contribution in [3.8, 4) is 0 Å². The highest BCUT2D eigenvalue weighted by Gasteiger charge is 2.51. The second-order valence-corrected chi connectivity index (χ2v) is 9.79. The van der Waals surface area contributed by atoms with Gasteiger partial charge in [0.1, 0.15) is 11.3 Å². The maximum absolute atomic E-state index is 12.9. The highest BCUT2D eigenvalue weighted by Crippen LogP contribution is 2.56. The van der Waals surface area contributed by atoms with Crippen LogP contribution >= 0.6 is 11.6 Å². The van der Waals surface area contributed by atoms with Gasteiger partial charge >= 0.3 is 6.09 Å². The Kier molecular flexibility index (Phi) is 6.36. The lowest BCUT2D eigenvalue weighted by molar-refractivity contribution is -0.136. The van der Waals surface area contributed by atoms with Crippen LogP contribution in [0.1, 0.15) is 69.8 Å². The van der Waals surface area contributed by atoms with Gasteiger partial charge < -0.3 is 15.4 Å². The molecule has 0 unspecified atom stereocenters. The minimum Gasteiger partial charge on any atom is -0.444 e. The van der Waals surface area contributed by atoms with Gasteiger partial charge in [-0.3, -0.25) is 9.59 Å². The monoisotopic (exact) mass is 436 g/mol. The van der Waals surface area contributed by atoms with Crippen molar-refractivity contribution < 1.29 is 19.1 Å². The van der Waals surface area contributed by atoms with Gasteiger partial charge in [0.2, 0.25) is 5.28 Å². The molecule has 2 amide bonds. The highest BCUT2D eigenvalue weighted by molar-refractivity contribution is 6.28. The summed E-state index contributed by atoms with van der Waals surface area (Å²) in [6.45, 7) is 6.06. The van der Waals surface area contributed by atoms with Crippen LogP contribution in [-0.2, 0) is 9.53 Å². The van der Waals surface area contributed by atoms with Gasteiger partial charge in [0.05, 0.1) is 6.54 Å². The molecule has 1 aromatic heterocycles. The number of aromatic nitrogens is 2. The molecule has 164 valence electrons. The molecule has 9 heteroatoms. The van der Waals surface area contributed by atoms with E-state index in [4.69, 9.17) is 16.3 Å². The quantitative estimate of drug-likeness (QED) is 0.662. The van der Waals surface area contributed by atoms with E-state index in [1.807, 2.05) is 20.8 Å². The number of carbonyl (C=O) groups excluding carboxylic acids is 3. The van der Waals surface area contributed by atoms with Gasteiger partial charge in [-0.2, -0.15) is 0 Å². The Labute approximate surface area is 181 Å². The number of ether oxygens (including phenoxy) is 1. The largest absolute Gasteiger partial charge is 0.444 e. The van der Waals surface area contributed by atoms with Crippen LogP contribution in [-0.4, -0.2) is 46.4 Å². The summed E-state index contributed by atoms with van der Waals surface area (Å²) >= 11 is 5.71. The lowest BCUT2D eigenvalue weighted by Crippen LogP contribution is -2.52. The molecule has 8 nitrogen and oxygen atoms in total. The Bertz CT molecular complexity index is 812. The fraction of sp³-hybridized carbons (Fsp3) is 0.667. The number of halogens is 1. The molecule has 0 radical (unpaired) electrons. The average molecular weight is 437 g/mol. The third kappa shape index (κ3) is 5.28. The predicted molar refractivity (Wildman–Crippen MR) is 111 cm³/mol. The van der Waals surface area contributed by atoms with Crippen molar-refractivity contribution in [3.05, 3.63) is 23.2 Å². The Hall–Kier alpha value is -2.22. The van der Waals surface area contributed by atoms with Crippen LogP contribution in [0.25, 0.3) is 0 Å². The van der Waals surface area contributed by atoms with E-state index in [2.05, 4.69) is 20.6 Å². The number of carbonyl (C=O) groups is 3. The van der Waals surface area contributed by atoms with Crippen LogP contribution in [0.15, 0.2) is 12.3 Å². The molecule has 2 N–H and O–H groups in total. The Morgan fingerprint density at radius 3 is 2.30 bits per heavy atom. The molecule has 3 fully saturated rings. The van der Waals surface area contributed by atoms with E-state index in [0.29, 0.717) is 6.54 Å². The Morgan fingerprint density at radius 1 is 1.10 bits per heavy atom. The SMILES string of the molecule is CC(C)(C)OC(=O)NCC12CCC(C(=O)CNC(=O)c3ccnc(Cl)n3)(CC1)CC2. The van der Waals surface area contributed by atoms with Gasteiger partial charge in [-0.05, 0) is 82.4 Å². The second kappa shape index (κ2) is 8.49. The van der Waals surface area contributed by atoms with Gasteiger partial charge in [0.15, 0.2) is 5.78 Å². The summed E-state index contributed by atoms with van der Waals surface area (Å²) in [6.07, 6.45) is 5.96. The van der Waals surface area contributed by atoms with E-state index < -0.39 is 17.6 Å². The van der Waals surface area contributed by atoms with Gasteiger partial charge in [-0.25, -0.2) is 14.8 Å². The molecule has 1 heterocycles. The van der Waals surface area contributed by atoms with Gasteiger partial charge in [0.25, 0.3) is 5.91 Å². The van der Waals surface area contributed by atoms with Crippen molar-refractivity contribution in [3.63, 3.8) is 0 Å². The lowest BCUT2D eigenvalue weighted by atomic mass is 9.52. The maximum Gasteiger partial charge on any atom is 0.407 e. The first-order chi connectivity index (χ1) is 14.0. The summed E-state index contributed by atoms with van der Waals surface area (Å²) in [5, 5.41) is 5.55. The first-order valence-electron chi connectivity index (χ1n) is 10.3. The highest BCUT2D eigenvalue weighted by atomic mass is 35.5. The molecule has 1 aromatic rings. The molecule has 0 aromatic carbocycles. The number of Topliss-reactive ketones (excluding diaryl/α,β-unsaturated/α-hetero) is 1. The number of rotatable bonds is 6. The first kappa shape index (κ1) is 22.5. The smallest absolute Gasteiger partial charge is 0.407 e. The van der Waals surface area contributed by atoms with E-state index in [-0.39, 0.29) is 34.1 Å². The summed E-state index contributed by atoms with van der Waals surface area (Å²) in [5.74, 6) is -0.379. The zero-order chi connectivity index (χ0) is 22.0. The van der Waals surface area contributed by atoms with Crippen LogP contribution in [0.2, 0.25) is 5.28 Å². The summed E-state index contributed by atoms with van der Waals surface area (Å²) in [4.78, 5) is 44.8. The first-order valence-corrected chi connectivity index (χ1v) is 10.7.